The van der Waals surface area contributed by atoms with E-state index in [-0.39, 0.29) is 0 Å². The number of nitrogens with one attached hydrogen (secondary N) is 2. The highest BCUT2D eigenvalue weighted by Gasteiger charge is 2.17. The summed E-state index contributed by atoms with van der Waals surface area (Å²) in [5.74, 6) is 0. The highest BCUT2D eigenvalue weighted by atomic mass is 32.1. The summed E-state index contributed by atoms with van der Waals surface area (Å²) < 4.78 is 2.81. The van der Waals surface area contributed by atoms with Gasteiger partial charge >= 0.3 is 0 Å². The summed E-state index contributed by atoms with van der Waals surface area (Å²) in [7, 11) is 0. The molecule has 21 heavy (non-hydrogen) atoms. The molecule has 112 valence electrons. The first-order chi connectivity index (χ1) is 10.2. The maximum atomic E-state index is 5.43. The lowest BCUT2D eigenvalue weighted by molar-refractivity contribution is -0.911. The summed E-state index contributed by atoms with van der Waals surface area (Å²) in [5, 5.41) is 8.84. The molecule has 0 amide bonds. The van der Waals surface area contributed by atoms with Crippen LogP contribution < -0.4 is 10.2 Å². The van der Waals surface area contributed by atoms with E-state index in [1.54, 1.807) is 16.2 Å². The van der Waals surface area contributed by atoms with Gasteiger partial charge < -0.3 is 10.2 Å². The molecule has 0 unspecified atom stereocenters. The highest BCUT2D eigenvalue weighted by molar-refractivity contribution is 7.73. The van der Waals surface area contributed by atoms with Crippen LogP contribution in [0.4, 0.5) is 10.8 Å². The van der Waals surface area contributed by atoms with Crippen LogP contribution in [0.3, 0.4) is 0 Å². The van der Waals surface area contributed by atoms with Crippen LogP contribution in [-0.2, 0) is 13.1 Å². The summed E-state index contributed by atoms with van der Waals surface area (Å²) in [6.07, 6.45) is 3.70. The minimum absolute atomic E-state index is 0.849. The second-order valence-electron chi connectivity index (χ2n) is 5.46. The van der Waals surface area contributed by atoms with Crippen molar-refractivity contribution >= 4 is 34.4 Å². The summed E-state index contributed by atoms with van der Waals surface area (Å²) in [4.78, 5) is 1.58. The molecule has 2 aromatic rings. The van der Waals surface area contributed by atoms with Crippen LogP contribution >= 0.6 is 23.6 Å². The van der Waals surface area contributed by atoms with Crippen LogP contribution in [0, 0.1) is 3.95 Å². The molecule has 1 aliphatic heterocycles. The van der Waals surface area contributed by atoms with E-state index in [2.05, 4.69) is 41.6 Å². The molecule has 0 aliphatic carbocycles. The molecule has 0 radical (unpaired) electrons. The zero-order valence-electron chi connectivity index (χ0n) is 12.3. The van der Waals surface area contributed by atoms with Crippen molar-refractivity contribution in [2.24, 2.45) is 0 Å². The molecule has 1 saturated heterocycles. The average molecular weight is 321 g/mol. The fraction of sp³-hybridized carbons (Fsp3) is 0.467. The van der Waals surface area contributed by atoms with Crippen molar-refractivity contribution in [1.82, 2.24) is 9.78 Å². The standard InChI is InChI=1S/C15H20N4S2/c1-2-12-5-7-13(8-6-12)16-14-17-19(15(20)21-14)11-18-9-3-4-10-18/h5-8H,2-4,9-11H2,1H3,(H,16,17)/p+1. The lowest BCUT2D eigenvalue weighted by Crippen LogP contribution is -3.09. The van der Waals surface area contributed by atoms with E-state index >= 15 is 0 Å². The predicted molar refractivity (Wildman–Crippen MR) is 90.0 cm³/mol. The van der Waals surface area contributed by atoms with Gasteiger partial charge in [0.05, 0.1) is 13.1 Å². The SMILES string of the molecule is CCc1ccc(Nc2nn(C[NH+]3CCCC3)c(=S)s2)cc1. The molecule has 1 aromatic carbocycles. The number of rotatable bonds is 5. The van der Waals surface area contributed by atoms with Gasteiger partial charge in [0.2, 0.25) is 5.13 Å². The Hall–Kier alpha value is -1.24. The first-order valence-electron chi connectivity index (χ1n) is 7.52. The van der Waals surface area contributed by atoms with Crippen molar-refractivity contribution in [3.63, 3.8) is 0 Å². The lowest BCUT2D eigenvalue weighted by Gasteiger charge is -2.11. The maximum absolute atomic E-state index is 5.43. The third kappa shape index (κ3) is 3.70. The van der Waals surface area contributed by atoms with Crippen LogP contribution in [0.15, 0.2) is 24.3 Å². The van der Waals surface area contributed by atoms with E-state index in [0.717, 1.165) is 27.9 Å². The first-order valence-corrected chi connectivity index (χ1v) is 8.74. The van der Waals surface area contributed by atoms with E-state index in [0.29, 0.717) is 0 Å². The first kappa shape index (κ1) is 14.7. The van der Waals surface area contributed by atoms with Gasteiger partial charge in [-0.2, -0.15) is 4.68 Å². The Kier molecular flexibility index (Phi) is 4.67. The fourth-order valence-electron chi connectivity index (χ4n) is 2.65. The Morgan fingerprint density at radius 2 is 2.00 bits per heavy atom. The number of aryl methyl sites for hydroxylation is 1. The van der Waals surface area contributed by atoms with Gasteiger partial charge in [-0.25, -0.2) is 0 Å². The minimum atomic E-state index is 0.849. The molecular weight excluding hydrogens is 300 g/mol. The molecule has 4 nitrogen and oxygen atoms in total. The molecule has 6 heteroatoms. The van der Waals surface area contributed by atoms with Gasteiger partial charge in [-0.05, 0) is 36.3 Å². The lowest BCUT2D eigenvalue weighted by atomic mass is 10.1. The normalized spacial score (nSPS) is 15.5. The molecule has 2 heterocycles. The summed E-state index contributed by atoms with van der Waals surface area (Å²) in [6.45, 7) is 5.53. The number of hydrogen-bond acceptors (Lipinski definition) is 4. The topological polar surface area (TPSA) is 34.3 Å². The zero-order valence-corrected chi connectivity index (χ0v) is 13.9. The Morgan fingerprint density at radius 3 is 2.67 bits per heavy atom. The number of likely N-dealkylation sites (tertiary alicyclic amines) is 1. The molecule has 1 aliphatic rings. The van der Waals surface area contributed by atoms with Gasteiger partial charge in [0.25, 0.3) is 0 Å². The molecule has 3 rings (SSSR count). The van der Waals surface area contributed by atoms with Crippen LogP contribution in [-0.4, -0.2) is 22.9 Å². The Bertz CT molecular complexity index is 638. The largest absolute Gasteiger partial charge is 0.330 e. The predicted octanol–water partition coefficient (Wildman–Crippen LogP) is 2.62. The van der Waals surface area contributed by atoms with E-state index in [9.17, 15) is 0 Å². The monoisotopic (exact) mass is 321 g/mol. The Morgan fingerprint density at radius 1 is 1.29 bits per heavy atom. The summed E-state index contributed by atoms with van der Waals surface area (Å²) in [5.41, 5.74) is 2.41. The molecule has 0 spiro atoms. The van der Waals surface area contributed by atoms with Gasteiger partial charge in [-0.15, -0.1) is 5.10 Å². The van der Waals surface area contributed by atoms with Gasteiger partial charge in [0, 0.05) is 18.5 Å². The molecule has 2 N–H and O–H groups in total. The third-order valence-electron chi connectivity index (χ3n) is 3.90. The van der Waals surface area contributed by atoms with Crippen molar-refractivity contribution in [1.29, 1.82) is 0 Å². The number of nitrogens with zero attached hydrogens (tertiary/aromatic N) is 2. The molecule has 1 fully saturated rings. The van der Waals surface area contributed by atoms with E-state index in [4.69, 9.17) is 12.2 Å². The van der Waals surface area contributed by atoms with Crippen molar-refractivity contribution in [3.8, 4) is 0 Å². The summed E-state index contributed by atoms with van der Waals surface area (Å²) >= 11 is 6.97. The van der Waals surface area contributed by atoms with Gasteiger partial charge in [0.15, 0.2) is 10.6 Å². The van der Waals surface area contributed by atoms with Crippen molar-refractivity contribution < 1.29 is 4.90 Å². The molecule has 0 atom stereocenters. The Balaban J connectivity index is 1.69. The number of aromatic nitrogens is 2. The van der Waals surface area contributed by atoms with Crippen LogP contribution in [0.25, 0.3) is 0 Å². The minimum Gasteiger partial charge on any atom is -0.330 e. The van der Waals surface area contributed by atoms with E-state index < -0.39 is 0 Å². The van der Waals surface area contributed by atoms with Crippen LogP contribution in [0.5, 0.6) is 0 Å². The maximum Gasteiger partial charge on any atom is 0.209 e. The Labute approximate surface area is 134 Å². The van der Waals surface area contributed by atoms with Crippen molar-refractivity contribution in [2.45, 2.75) is 32.9 Å². The quantitative estimate of drug-likeness (QED) is 0.831. The molecular formula is C15H21N4S2+. The number of hydrogen-bond donors (Lipinski definition) is 2. The fourth-order valence-corrected chi connectivity index (χ4v) is 3.68. The van der Waals surface area contributed by atoms with Crippen molar-refractivity contribution in [2.75, 3.05) is 18.4 Å². The molecule has 0 bridgehead atoms. The van der Waals surface area contributed by atoms with Crippen LogP contribution in [0.1, 0.15) is 25.3 Å². The number of anilines is 2. The second kappa shape index (κ2) is 6.68. The second-order valence-corrected chi connectivity index (χ2v) is 7.09. The van der Waals surface area contributed by atoms with Gasteiger partial charge in [0.1, 0.15) is 0 Å². The van der Waals surface area contributed by atoms with E-state index in [1.165, 1.54) is 31.5 Å². The van der Waals surface area contributed by atoms with Crippen molar-refractivity contribution in [3.05, 3.63) is 33.8 Å². The van der Waals surface area contributed by atoms with Gasteiger partial charge in [-0.1, -0.05) is 30.4 Å². The summed E-state index contributed by atoms with van der Waals surface area (Å²) in [6, 6.07) is 8.48. The molecule has 0 saturated carbocycles. The number of quaternary nitrogens is 1. The third-order valence-corrected chi connectivity index (χ3v) is 5.13. The van der Waals surface area contributed by atoms with E-state index in [1.807, 2.05) is 4.68 Å². The number of benzene rings is 1. The highest BCUT2D eigenvalue weighted by Crippen LogP contribution is 2.20. The smallest absolute Gasteiger partial charge is 0.209 e. The zero-order chi connectivity index (χ0) is 14.7. The average Bonchev–Trinajstić information content (AvgIpc) is 3.11. The molecule has 1 aromatic heterocycles. The van der Waals surface area contributed by atoms with Crippen LogP contribution in [0.2, 0.25) is 0 Å². The van der Waals surface area contributed by atoms with Gasteiger partial charge in [-0.3, -0.25) is 0 Å².